The molecule has 58 heavy (non-hydrogen) atoms. The summed E-state index contributed by atoms with van der Waals surface area (Å²) in [5.41, 5.74) is 2.02. The van der Waals surface area contributed by atoms with E-state index in [1.165, 1.54) is 5.69 Å². The monoisotopic (exact) mass is 828 g/mol. The van der Waals surface area contributed by atoms with Gasteiger partial charge in [0.15, 0.2) is 18.4 Å². The van der Waals surface area contributed by atoms with Crippen LogP contribution in [0.2, 0.25) is 0 Å². The van der Waals surface area contributed by atoms with Gasteiger partial charge in [-0.2, -0.15) is 11.3 Å². The molecule has 1 aromatic heterocycles. The molecule has 0 N–H and O–H groups in total. The Morgan fingerprint density at radius 2 is 1.64 bits per heavy atom. The van der Waals surface area contributed by atoms with E-state index in [0.717, 1.165) is 50.5 Å². The first kappa shape index (κ1) is 42.7. The van der Waals surface area contributed by atoms with Crippen molar-refractivity contribution in [2.75, 3.05) is 40.3 Å². The van der Waals surface area contributed by atoms with Gasteiger partial charge >= 0.3 is 5.97 Å². The Morgan fingerprint density at radius 3 is 2.31 bits per heavy atom. The van der Waals surface area contributed by atoms with E-state index in [9.17, 15) is 4.79 Å². The number of esters is 1. The lowest BCUT2D eigenvalue weighted by Gasteiger charge is -2.44. The van der Waals surface area contributed by atoms with E-state index in [-0.39, 0.29) is 103 Å². The Bertz CT molecular complexity index is 1610. The van der Waals surface area contributed by atoms with Crippen molar-refractivity contribution in [1.29, 1.82) is 0 Å². The standard InChI is InChI=1S/C45H68N2O10S/c1-10-27-12-11-13-35(57-37-15-14-34(46(5)6)24(3)53-37)23(2)41(49)33-20-30-29-18-28(56-45-44(52-9)43(51-8)42(50-7)25(4)54-45)19-32(29)39-40(47(39)26-16-17-58-22-26)38(30)31(33)21-36(48)55-27/h16-17,20,22-25,27-32,34-35,37-40,42-45H,10-15,18-19,21H2,1-9H3/t23-,24?,25?,27+,28+,29+,30+,31-,32-,34+,35+,37+,38-,39+,40-,42+,43?,44+,45+,47?/m1/s1. The summed E-state index contributed by atoms with van der Waals surface area (Å²) in [7, 11) is 9.21. The molecule has 0 amide bonds. The van der Waals surface area contributed by atoms with Crippen molar-refractivity contribution in [2.45, 2.75) is 165 Å². The molecule has 3 aliphatic carbocycles. The lowest BCUT2D eigenvalue weighted by molar-refractivity contribution is -0.314. The van der Waals surface area contributed by atoms with Crippen LogP contribution in [0.5, 0.6) is 0 Å². The Morgan fingerprint density at radius 1 is 0.879 bits per heavy atom. The highest BCUT2D eigenvalue weighted by molar-refractivity contribution is 7.08. The maximum absolute atomic E-state index is 15.1. The molecular weight excluding hydrogens is 761 g/mol. The van der Waals surface area contributed by atoms with E-state index >= 15 is 4.79 Å². The normalized spacial score (nSPS) is 45.7. The number of carbonyl (C=O) groups excluding carboxylic acids is 2. The third-order valence-corrected chi connectivity index (χ3v) is 15.9. The summed E-state index contributed by atoms with van der Waals surface area (Å²) < 4.78 is 50.5. The predicted molar refractivity (Wildman–Crippen MR) is 219 cm³/mol. The second-order valence-electron chi connectivity index (χ2n) is 18.5. The zero-order valence-corrected chi connectivity index (χ0v) is 36.8. The van der Waals surface area contributed by atoms with Crippen LogP contribution in [-0.4, -0.2) is 132 Å². The largest absolute Gasteiger partial charge is 0.462 e. The first-order valence-corrected chi connectivity index (χ1v) is 23.0. The van der Waals surface area contributed by atoms with Crippen molar-refractivity contribution < 1.29 is 47.5 Å². The number of cyclic esters (lactones) is 1. The fourth-order valence-corrected chi connectivity index (χ4v) is 13.0. The Balaban J connectivity index is 1.09. The average Bonchev–Trinajstić information content (AvgIpc) is 3.54. The number of hydrogen-bond acceptors (Lipinski definition) is 13. The molecule has 13 heteroatoms. The van der Waals surface area contributed by atoms with Crippen LogP contribution in [0.15, 0.2) is 28.5 Å². The Labute approximate surface area is 349 Å². The average molecular weight is 829 g/mol. The molecule has 4 aliphatic heterocycles. The van der Waals surface area contributed by atoms with Crippen LogP contribution in [0.3, 0.4) is 0 Å². The van der Waals surface area contributed by atoms with Gasteiger partial charge in [0.25, 0.3) is 0 Å². The minimum Gasteiger partial charge on any atom is -0.462 e. The van der Waals surface area contributed by atoms with Gasteiger partial charge in [-0.1, -0.05) is 19.9 Å². The maximum Gasteiger partial charge on any atom is 0.306 e. The zero-order valence-electron chi connectivity index (χ0n) is 36.0. The van der Waals surface area contributed by atoms with Gasteiger partial charge < -0.3 is 47.7 Å². The van der Waals surface area contributed by atoms with E-state index in [0.29, 0.717) is 24.4 Å². The van der Waals surface area contributed by atoms with Crippen molar-refractivity contribution in [3.63, 3.8) is 0 Å². The molecule has 7 aliphatic rings. The van der Waals surface area contributed by atoms with Gasteiger partial charge in [0.05, 0.1) is 42.9 Å². The van der Waals surface area contributed by atoms with Gasteiger partial charge in [0.2, 0.25) is 0 Å². The van der Waals surface area contributed by atoms with E-state index < -0.39 is 12.4 Å². The number of fused-ring (bicyclic) bond motifs is 8. The summed E-state index contributed by atoms with van der Waals surface area (Å²) in [6.45, 7) is 8.24. The second-order valence-corrected chi connectivity index (χ2v) is 19.3. The lowest BCUT2D eigenvalue weighted by Crippen LogP contribution is -2.59. The summed E-state index contributed by atoms with van der Waals surface area (Å²) >= 11 is 1.71. The number of rotatable bonds is 10. The minimum atomic E-state index is -0.609. The van der Waals surface area contributed by atoms with Crippen LogP contribution < -0.4 is 4.90 Å². The predicted octanol–water partition coefficient (Wildman–Crippen LogP) is 6.25. The number of nitrogens with zero attached hydrogens (tertiary/aromatic N) is 2. The quantitative estimate of drug-likeness (QED) is 0.196. The van der Waals surface area contributed by atoms with Crippen LogP contribution in [0.1, 0.15) is 85.5 Å². The molecule has 0 spiro atoms. The van der Waals surface area contributed by atoms with E-state index in [1.807, 2.05) is 13.8 Å². The molecule has 2 saturated carbocycles. The topological polar surface area (TPSA) is 114 Å². The van der Waals surface area contributed by atoms with Crippen LogP contribution in [0, 0.1) is 35.5 Å². The van der Waals surface area contributed by atoms with Crippen molar-refractivity contribution in [3.05, 3.63) is 28.5 Å². The highest BCUT2D eigenvalue weighted by Gasteiger charge is 2.69. The number of Topliss-reactive ketones (excluding diaryl/α,β-unsaturated/α-hetero) is 1. The van der Waals surface area contributed by atoms with Gasteiger partial charge in [0, 0.05) is 50.3 Å². The first-order valence-electron chi connectivity index (χ1n) is 22.1. The molecule has 6 fully saturated rings. The fourth-order valence-electron chi connectivity index (χ4n) is 12.4. The van der Waals surface area contributed by atoms with Crippen molar-refractivity contribution in [3.8, 4) is 0 Å². The molecule has 1 aromatic rings. The number of anilines is 1. The van der Waals surface area contributed by atoms with Gasteiger partial charge in [-0.05, 0) is 120 Å². The number of thiophene rings is 1. The van der Waals surface area contributed by atoms with Crippen LogP contribution in [-0.2, 0) is 47.5 Å². The highest BCUT2D eigenvalue weighted by Crippen LogP contribution is 2.65. The summed E-state index contributed by atoms with van der Waals surface area (Å²) in [5.74, 6) is 0.164. The van der Waals surface area contributed by atoms with Gasteiger partial charge in [0.1, 0.15) is 24.4 Å². The van der Waals surface area contributed by atoms with E-state index in [2.05, 4.69) is 60.6 Å². The van der Waals surface area contributed by atoms with Gasteiger partial charge in [-0.15, -0.1) is 0 Å². The molecule has 4 saturated heterocycles. The van der Waals surface area contributed by atoms with Crippen molar-refractivity contribution in [1.82, 2.24) is 4.90 Å². The SMILES string of the molecule is CC[C@H]1CCC[C@H](O[C@H]2CC[C@H](N(C)C)C(C)O2)[C@@H](C)C(=O)C2=C[C@H]3[C@@H]4C[C@H](O[C@@H]5OC(C)[C@H](OC)C(OC)[C@@H]5OC)C[C@H]4[C@H]4[C@@H]([C@H]3[C@@H]2CC(=O)O1)N4c1ccsc1. The van der Waals surface area contributed by atoms with E-state index in [1.54, 1.807) is 32.7 Å². The molecule has 0 aromatic carbocycles. The van der Waals surface area contributed by atoms with Crippen molar-refractivity contribution >= 4 is 28.8 Å². The van der Waals surface area contributed by atoms with Gasteiger partial charge in [-0.25, -0.2) is 0 Å². The molecule has 19 atom stereocenters. The molecule has 0 bridgehead atoms. The number of methoxy groups -OCH3 is 3. The first-order chi connectivity index (χ1) is 28.0. The molecular formula is C45H68N2O10S. The second kappa shape index (κ2) is 17.8. The lowest BCUT2D eigenvalue weighted by atomic mass is 9.66. The minimum absolute atomic E-state index is 0.0295. The van der Waals surface area contributed by atoms with Crippen LogP contribution in [0.25, 0.3) is 0 Å². The summed E-state index contributed by atoms with van der Waals surface area (Å²) in [4.78, 5) is 33.8. The van der Waals surface area contributed by atoms with Crippen LogP contribution >= 0.6 is 11.3 Å². The third-order valence-electron chi connectivity index (χ3n) is 15.2. The third kappa shape index (κ3) is 7.98. The Hall–Kier alpha value is -1.94. The van der Waals surface area contributed by atoms with E-state index in [4.69, 9.17) is 37.9 Å². The fraction of sp³-hybridized carbons (Fsp3) is 0.822. The number of allylic oxidation sites excluding steroid dienone is 2. The molecule has 8 rings (SSSR count). The number of hydrogen-bond donors (Lipinski definition) is 0. The summed E-state index contributed by atoms with van der Waals surface area (Å²) in [6, 6.07) is 3.06. The number of carbonyl (C=O) groups is 2. The summed E-state index contributed by atoms with van der Waals surface area (Å²) in [6.07, 6.45) is 6.23. The summed E-state index contributed by atoms with van der Waals surface area (Å²) in [5, 5.41) is 4.37. The highest BCUT2D eigenvalue weighted by atomic mass is 32.1. The number of likely N-dealkylation sites (N-methyl/N-ethyl adjacent to an activating group) is 1. The van der Waals surface area contributed by atoms with Crippen LogP contribution in [0.4, 0.5) is 5.69 Å². The Kier molecular flexibility index (Phi) is 13.1. The molecule has 12 nitrogen and oxygen atoms in total. The molecule has 3 unspecified atom stereocenters. The number of ketones is 1. The zero-order chi connectivity index (χ0) is 41.0. The molecule has 0 radical (unpaired) electrons. The molecule has 5 heterocycles. The number of ether oxygens (including phenoxy) is 8. The van der Waals surface area contributed by atoms with Gasteiger partial charge in [-0.3, -0.25) is 9.59 Å². The molecule has 324 valence electrons. The maximum atomic E-state index is 15.1. The smallest absolute Gasteiger partial charge is 0.306 e. The van der Waals surface area contributed by atoms with Crippen molar-refractivity contribution in [2.24, 2.45) is 35.5 Å².